The molecule has 1 aliphatic heterocycles. The van der Waals surface area contributed by atoms with Crippen molar-refractivity contribution in [2.45, 2.75) is 32.7 Å². The third-order valence-electron chi connectivity index (χ3n) is 3.53. The molecular formula is C11H19N5O2. The molecule has 1 atom stereocenters. The highest BCUT2D eigenvalue weighted by Crippen LogP contribution is 2.35. The first-order chi connectivity index (χ1) is 8.55. The molecule has 0 spiro atoms. The first kappa shape index (κ1) is 12.9. The van der Waals surface area contributed by atoms with Crippen molar-refractivity contribution in [1.29, 1.82) is 0 Å². The molecule has 0 saturated carbocycles. The summed E-state index contributed by atoms with van der Waals surface area (Å²) < 4.78 is 0. The maximum Gasteiger partial charge on any atom is 0.310 e. The predicted molar refractivity (Wildman–Crippen MR) is 63.7 cm³/mol. The largest absolute Gasteiger partial charge is 0.481 e. The van der Waals surface area contributed by atoms with Gasteiger partial charge in [0.2, 0.25) is 0 Å². The molecule has 1 N–H and O–H groups in total. The molecule has 1 aliphatic rings. The van der Waals surface area contributed by atoms with Crippen molar-refractivity contribution < 1.29 is 9.90 Å². The summed E-state index contributed by atoms with van der Waals surface area (Å²) in [7, 11) is 1.72. The monoisotopic (exact) mass is 253 g/mol. The Hall–Kier alpha value is -1.50. The number of aromatic nitrogens is 4. The molecule has 0 amide bonds. The molecule has 18 heavy (non-hydrogen) atoms. The van der Waals surface area contributed by atoms with Crippen LogP contribution in [0.3, 0.4) is 0 Å². The number of hydrogen-bond acceptors (Lipinski definition) is 5. The number of aliphatic carboxylic acids is 1. The molecule has 0 bridgehead atoms. The third kappa shape index (κ3) is 2.50. The van der Waals surface area contributed by atoms with Crippen LogP contribution in [0.1, 0.15) is 32.0 Å². The van der Waals surface area contributed by atoms with Gasteiger partial charge in [0.25, 0.3) is 0 Å². The Morgan fingerprint density at radius 3 is 2.89 bits per heavy atom. The minimum atomic E-state index is -0.682. The predicted octanol–water partition coefficient (Wildman–Crippen LogP) is 0.287. The van der Waals surface area contributed by atoms with Gasteiger partial charge in [-0.1, -0.05) is 13.3 Å². The highest BCUT2D eigenvalue weighted by Gasteiger charge is 2.43. The molecule has 0 aliphatic carbocycles. The van der Waals surface area contributed by atoms with Crippen LogP contribution in [-0.2, 0) is 18.4 Å². The number of likely N-dealkylation sites (tertiary alicyclic amines) is 1. The number of carbonyl (C=O) groups is 1. The fourth-order valence-electron chi connectivity index (χ4n) is 2.64. The van der Waals surface area contributed by atoms with Crippen LogP contribution in [0.2, 0.25) is 0 Å². The average Bonchev–Trinajstić information content (AvgIpc) is 2.88. The molecular weight excluding hydrogens is 234 g/mol. The summed E-state index contributed by atoms with van der Waals surface area (Å²) in [5, 5.41) is 21.2. The van der Waals surface area contributed by atoms with Crippen LogP contribution in [-0.4, -0.2) is 49.3 Å². The quantitative estimate of drug-likeness (QED) is 0.811. The maximum absolute atomic E-state index is 11.4. The molecule has 100 valence electrons. The molecule has 1 saturated heterocycles. The van der Waals surface area contributed by atoms with E-state index in [0.29, 0.717) is 25.3 Å². The second-order valence-corrected chi connectivity index (χ2v) is 4.99. The lowest BCUT2D eigenvalue weighted by molar-refractivity contribution is -0.148. The highest BCUT2D eigenvalue weighted by molar-refractivity contribution is 5.75. The van der Waals surface area contributed by atoms with E-state index >= 15 is 0 Å². The maximum atomic E-state index is 11.4. The highest BCUT2D eigenvalue weighted by atomic mass is 16.4. The molecule has 2 heterocycles. The normalized spacial score (nSPS) is 24.6. The van der Waals surface area contributed by atoms with Gasteiger partial charge in [-0.3, -0.25) is 9.69 Å². The van der Waals surface area contributed by atoms with E-state index in [-0.39, 0.29) is 0 Å². The smallest absolute Gasteiger partial charge is 0.310 e. The Kier molecular flexibility index (Phi) is 3.60. The fourth-order valence-corrected chi connectivity index (χ4v) is 2.64. The lowest BCUT2D eigenvalue weighted by Gasteiger charge is -2.23. The summed E-state index contributed by atoms with van der Waals surface area (Å²) in [6.07, 6.45) is 2.33. The Bertz CT molecular complexity index is 433. The lowest BCUT2D eigenvalue weighted by atomic mass is 9.83. The fraction of sp³-hybridized carbons (Fsp3) is 0.818. The molecule has 7 nitrogen and oxygen atoms in total. The van der Waals surface area contributed by atoms with Crippen LogP contribution in [0, 0.1) is 5.41 Å². The second kappa shape index (κ2) is 5.01. The molecule has 2 rings (SSSR count). The van der Waals surface area contributed by atoms with E-state index in [2.05, 4.69) is 20.3 Å². The molecule has 1 fully saturated rings. The number of aryl methyl sites for hydroxylation is 1. The van der Waals surface area contributed by atoms with Crippen LogP contribution in [0.5, 0.6) is 0 Å². The van der Waals surface area contributed by atoms with Crippen LogP contribution in [0.25, 0.3) is 0 Å². The molecule has 1 aromatic rings. The van der Waals surface area contributed by atoms with Gasteiger partial charge in [-0.15, -0.1) is 10.2 Å². The number of carboxylic acids is 1. The minimum Gasteiger partial charge on any atom is -0.481 e. The average molecular weight is 253 g/mol. The van der Waals surface area contributed by atoms with Crippen molar-refractivity contribution in [2.75, 3.05) is 13.1 Å². The Balaban J connectivity index is 2.00. The van der Waals surface area contributed by atoms with Crippen molar-refractivity contribution in [3.63, 3.8) is 0 Å². The summed E-state index contributed by atoms with van der Waals surface area (Å²) >= 11 is 0. The van der Waals surface area contributed by atoms with Gasteiger partial charge in [0.15, 0.2) is 5.82 Å². The van der Waals surface area contributed by atoms with Crippen molar-refractivity contribution in [3.05, 3.63) is 5.82 Å². The van der Waals surface area contributed by atoms with Gasteiger partial charge in [0.1, 0.15) is 0 Å². The standard InChI is InChI=1S/C11H19N5O2/c1-3-4-11(10(17)18)5-6-16(8-11)7-9-12-14-15(2)13-9/h3-8H2,1-2H3,(H,17,18). The SMILES string of the molecule is CCCC1(C(=O)O)CCN(Cc2nnn(C)n2)C1. The zero-order valence-electron chi connectivity index (χ0n) is 10.8. The molecule has 1 unspecified atom stereocenters. The van der Waals surface area contributed by atoms with E-state index in [1.165, 1.54) is 4.80 Å². The van der Waals surface area contributed by atoms with E-state index in [1.807, 2.05) is 6.92 Å². The van der Waals surface area contributed by atoms with E-state index in [4.69, 9.17) is 0 Å². The number of tetrazole rings is 1. The minimum absolute atomic E-state index is 0.576. The lowest BCUT2D eigenvalue weighted by Crippen LogP contribution is -2.34. The zero-order valence-corrected chi connectivity index (χ0v) is 10.8. The van der Waals surface area contributed by atoms with Crippen molar-refractivity contribution >= 4 is 5.97 Å². The van der Waals surface area contributed by atoms with E-state index in [9.17, 15) is 9.90 Å². The van der Waals surface area contributed by atoms with Gasteiger partial charge in [0.05, 0.1) is 19.0 Å². The molecule has 7 heteroatoms. The van der Waals surface area contributed by atoms with E-state index in [1.54, 1.807) is 7.05 Å². The summed E-state index contributed by atoms with van der Waals surface area (Å²) in [5.41, 5.74) is -0.586. The first-order valence-corrected chi connectivity index (χ1v) is 6.24. The van der Waals surface area contributed by atoms with Gasteiger partial charge >= 0.3 is 5.97 Å². The van der Waals surface area contributed by atoms with Crippen LogP contribution < -0.4 is 0 Å². The van der Waals surface area contributed by atoms with E-state index in [0.717, 1.165) is 19.4 Å². The van der Waals surface area contributed by atoms with Crippen LogP contribution in [0.4, 0.5) is 0 Å². The zero-order chi connectivity index (χ0) is 13.2. The summed E-state index contributed by atoms with van der Waals surface area (Å²) in [4.78, 5) is 15.0. The number of rotatable bonds is 5. The van der Waals surface area contributed by atoms with Crippen molar-refractivity contribution in [2.24, 2.45) is 12.5 Å². The third-order valence-corrected chi connectivity index (χ3v) is 3.53. The van der Waals surface area contributed by atoms with Crippen molar-refractivity contribution in [3.8, 4) is 0 Å². The number of carboxylic acid groups (broad SMARTS) is 1. The van der Waals surface area contributed by atoms with Gasteiger partial charge in [-0.2, -0.15) is 4.80 Å². The summed E-state index contributed by atoms with van der Waals surface area (Å²) in [6.45, 7) is 3.96. The second-order valence-electron chi connectivity index (χ2n) is 4.99. The summed E-state index contributed by atoms with van der Waals surface area (Å²) in [5.74, 6) is -0.0332. The Morgan fingerprint density at radius 1 is 1.56 bits per heavy atom. The van der Waals surface area contributed by atoms with E-state index < -0.39 is 11.4 Å². The molecule has 0 aromatic carbocycles. The topological polar surface area (TPSA) is 84.1 Å². The Morgan fingerprint density at radius 2 is 2.33 bits per heavy atom. The van der Waals surface area contributed by atoms with Gasteiger partial charge in [0, 0.05) is 6.54 Å². The molecule has 0 radical (unpaired) electrons. The first-order valence-electron chi connectivity index (χ1n) is 6.24. The van der Waals surface area contributed by atoms with Crippen LogP contribution >= 0.6 is 0 Å². The van der Waals surface area contributed by atoms with Gasteiger partial charge < -0.3 is 5.11 Å². The Labute approximate surface area is 106 Å². The van der Waals surface area contributed by atoms with Gasteiger partial charge in [-0.05, 0) is 24.6 Å². The number of hydrogen-bond donors (Lipinski definition) is 1. The summed E-state index contributed by atoms with van der Waals surface area (Å²) in [6, 6.07) is 0. The number of nitrogens with zero attached hydrogens (tertiary/aromatic N) is 5. The van der Waals surface area contributed by atoms with Gasteiger partial charge in [-0.25, -0.2) is 0 Å². The van der Waals surface area contributed by atoms with Crippen LogP contribution in [0.15, 0.2) is 0 Å². The molecule has 1 aromatic heterocycles. The van der Waals surface area contributed by atoms with Crippen molar-refractivity contribution in [1.82, 2.24) is 25.1 Å².